The first-order chi connectivity index (χ1) is 7.48. The SMILES string of the molecule is CCOc1cc(OC(C)(C)CC)ccc1N. The number of benzene rings is 1. The summed E-state index contributed by atoms with van der Waals surface area (Å²) >= 11 is 0. The summed E-state index contributed by atoms with van der Waals surface area (Å²) in [6.45, 7) is 8.75. The molecule has 1 rings (SSSR count). The zero-order valence-electron chi connectivity index (χ0n) is 10.5. The summed E-state index contributed by atoms with van der Waals surface area (Å²) in [5, 5.41) is 0. The third-order valence-corrected chi connectivity index (χ3v) is 2.53. The van der Waals surface area contributed by atoms with Gasteiger partial charge in [-0.1, -0.05) is 6.92 Å². The van der Waals surface area contributed by atoms with Crippen LogP contribution in [0.5, 0.6) is 11.5 Å². The Bertz CT molecular complexity index is 348. The molecular weight excluding hydrogens is 202 g/mol. The fraction of sp³-hybridized carbons (Fsp3) is 0.538. The van der Waals surface area contributed by atoms with Crippen LogP contribution in [0.1, 0.15) is 34.1 Å². The van der Waals surface area contributed by atoms with Gasteiger partial charge in [-0.3, -0.25) is 0 Å². The van der Waals surface area contributed by atoms with Gasteiger partial charge in [-0.15, -0.1) is 0 Å². The van der Waals surface area contributed by atoms with E-state index in [0.29, 0.717) is 18.0 Å². The molecular formula is C13H21NO2. The highest BCUT2D eigenvalue weighted by Gasteiger charge is 2.17. The minimum absolute atomic E-state index is 0.167. The molecule has 0 fully saturated rings. The summed E-state index contributed by atoms with van der Waals surface area (Å²) < 4.78 is 11.3. The molecule has 0 heterocycles. The lowest BCUT2D eigenvalue weighted by molar-refractivity contribution is 0.105. The van der Waals surface area contributed by atoms with Crippen LogP contribution in [0.25, 0.3) is 0 Å². The Labute approximate surface area is 97.6 Å². The number of ether oxygens (including phenoxy) is 2. The molecule has 0 radical (unpaired) electrons. The standard InChI is InChI=1S/C13H21NO2/c1-5-13(3,4)16-10-7-8-11(14)12(9-10)15-6-2/h7-9H,5-6,14H2,1-4H3. The van der Waals surface area contributed by atoms with Crippen molar-refractivity contribution in [2.45, 2.75) is 39.7 Å². The monoisotopic (exact) mass is 223 g/mol. The second-order valence-corrected chi connectivity index (χ2v) is 4.35. The molecule has 16 heavy (non-hydrogen) atoms. The minimum Gasteiger partial charge on any atom is -0.492 e. The second-order valence-electron chi connectivity index (χ2n) is 4.35. The zero-order valence-corrected chi connectivity index (χ0v) is 10.5. The molecule has 1 aromatic carbocycles. The predicted molar refractivity (Wildman–Crippen MR) is 67.0 cm³/mol. The maximum atomic E-state index is 5.86. The van der Waals surface area contributed by atoms with E-state index in [4.69, 9.17) is 15.2 Å². The average Bonchev–Trinajstić information content (AvgIpc) is 2.23. The molecule has 0 saturated carbocycles. The van der Waals surface area contributed by atoms with Crippen molar-refractivity contribution in [1.29, 1.82) is 0 Å². The van der Waals surface area contributed by atoms with E-state index in [-0.39, 0.29) is 5.60 Å². The van der Waals surface area contributed by atoms with E-state index in [0.717, 1.165) is 12.2 Å². The first kappa shape index (κ1) is 12.7. The van der Waals surface area contributed by atoms with Crippen LogP contribution in [0, 0.1) is 0 Å². The molecule has 0 aliphatic rings. The van der Waals surface area contributed by atoms with Crippen LogP contribution in [0.3, 0.4) is 0 Å². The number of anilines is 1. The largest absolute Gasteiger partial charge is 0.492 e. The third-order valence-electron chi connectivity index (χ3n) is 2.53. The van der Waals surface area contributed by atoms with Crippen LogP contribution in [-0.4, -0.2) is 12.2 Å². The Hall–Kier alpha value is -1.38. The lowest BCUT2D eigenvalue weighted by Gasteiger charge is -2.25. The van der Waals surface area contributed by atoms with Crippen LogP contribution >= 0.6 is 0 Å². The fourth-order valence-electron chi connectivity index (χ4n) is 1.25. The van der Waals surface area contributed by atoms with Gasteiger partial charge in [0.05, 0.1) is 12.3 Å². The van der Waals surface area contributed by atoms with E-state index in [1.54, 1.807) is 0 Å². The van der Waals surface area contributed by atoms with E-state index >= 15 is 0 Å². The fourth-order valence-corrected chi connectivity index (χ4v) is 1.25. The smallest absolute Gasteiger partial charge is 0.145 e. The molecule has 0 aromatic heterocycles. The lowest BCUT2D eigenvalue weighted by atomic mass is 10.1. The molecule has 3 nitrogen and oxygen atoms in total. The van der Waals surface area contributed by atoms with E-state index < -0.39 is 0 Å². The molecule has 0 unspecified atom stereocenters. The number of rotatable bonds is 5. The van der Waals surface area contributed by atoms with Crippen molar-refractivity contribution in [2.75, 3.05) is 12.3 Å². The molecule has 0 atom stereocenters. The number of hydrogen-bond donors (Lipinski definition) is 1. The molecule has 0 spiro atoms. The molecule has 2 N–H and O–H groups in total. The van der Waals surface area contributed by atoms with Gasteiger partial charge >= 0.3 is 0 Å². The van der Waals surface area contributed by atoms with Gasteiger partial charge in [-0.2, -0.15) is 0 Å². The van der Waals surface area contributed by atoms with Gasteiger partial charge in [-0.25, -0.2) is 0 Å². The van der Waals surface area contributed by atoms with Crippen molar-refractivity contribution in [3.8, 4) is 11.5 Å². The summed E-state index contributed by atoms with van der Waals surface area (Å²) in [6.07, 6.45) is 0.946. The zero-order chi connectivity index (χ0) is 12.2. The summed E-state index contributed by atoms with van der Waals surface area (Å²) in [5.41, 5.74) is 6.27. The summed E-state index contributed by atoms with van der Waals surface area (Å²) in [7, 11) is 0. The molecule has 0 bridgehead atoms. The van der Waals surface area contributed by atoms with Crippen molar-refractivity contribution in [2.24, 2.45) is 0 Å². The van der Waals surface area contributed by atoms with E-state index in [2.05, 4.69) is 20.8 Å². The maximum absolute atomic E-state index is 5.86. The quantitative estimate of drug-likeness (QED) is 0.779. The minimum atomic E-state index is -0.167. The van der Waals surface area contributed by atoms with Crippen LogP contribution in [0.2, 0.25) is 0 Å². The van der Waals surface area contributed by atoms with E-state index in [1.165, 1.54) is 0 Å². The highest BCUT2D eigenvalue weighted by atomic mass is 16.5. The Morgan fingerprint density at radius 1 is 1.25 bits per heavy atom. The summed E-state index contributed by atoms with van der Waals surface area (Å²) in [4.78, 5) is 0. The molecule has 0 aliphatic heterocycles. The molecule has 90 valence electrons. The first-order valence-corrected chi connectivity index (χ1v) is 5.70. The molecule has 0 amide bonds. The van der Waals surface area contributed by atoms with Gasteiger partial charge in [0.15, 0.2) is 0 Å². The van der Waals surface area contributed by atoms with Gasteiger partial charge in [-0.05, 0) is 39.3 Å². The van der Waals surface area contributed by atoms with Crippen LogP contribution < -0.4 is 15.2 Å². The van der Waals surface area contributed by atoms with E-state index in [9.17, 15) is 0 Å². The number of nitrogen functional groups attached to an aromatic ring is 1. The Kier molecular flexibility index (Phi) is 4.05. The predicted octanol–water partition coefficient (Wildman–Crippen LogP) is 3.23. The highest BCUT2D eigenvalue weighted by molar-refractivity contribution is 5.55. The molecule has 0 saturated heterocycles. The van der Waals surface area contributed by atoms with Gasteiger partial charge in [0.25, 0.3) is 0 Å². The normalized spacial score (nSPS) is 11.2. The topological polar surface area (TPSA) is 44.5 Å². The van der Waals surface area contributed by atoms with Crippen molar-refractivity contribution in [3.05, 3.63) is 18.2 Å². The molecule has 0 aliphatic carbocycles. The number of hydrogen-bond acceptors (Lipinski definition) is 3. The van der Waals surface area contributed by atoms with Crippen molar-refractivity contribution in [1.82, 2.24) is 0 Å². The highest BCUT2D eigenvalue weighted by Crippen LogP contribution is 2.29. The van der Waals surface area contributed by atoms with Gasteiger partial charge < -0.3 is 15.2 Å². The third kappa shape index (κ3) is 3.33. The first-order valence-electron chi connectivity index (χ1n) is 5.70. The van der Waals surface area contributed by atoms with Crippen LogP contribution in [-0.2, 0) is 0 Å². The van der Waals surface area contributed by atoms with Gasteiger partial charge in [0.1, 0.15) is 17.1 Å². The van der Waals surface area contributed by atoms with Crippen LogP contribution in [0.15, 0.2) is 18.2 Å². The average molecular weight is 223 g/mol. The summed E-state index contributed by atoms with van der Waals surface area (Å²) in [6, 6.07) is 5.53. The maximum Gasteiger partial charge on any atom is 0.145 e. The summed E-state index contributed by atoms with van der Waals surface area (Å²) in [5.74, 6) is 1.48. The Balaban J connectivity index is 2.86. The van der Waals surface area contributed by atoms with Gasteiger partial charge in [0.2, 0.25) is 0 Å². The molecule has 3 heteroatoms. The number of nitrogens with two attached hydrogens (primary N) is 1. The lowest BCUT2D eigenvalue weighted by Crippen LogP contribution is -2.26. The van der Waals surface area contributed by atoms with Crippen molar-refractivity contribution < 1.29 is 9.47 Å². The van der Waals surface area contributed by atoms with Crippen molar-refractivity contribution in [3.63, 3.8) is 0 Å². The molecule has 1 aromatic rings. The second kappa shape index (κ2) is 5.10. The van der Waals surface area contributed by atoms with E-state index in [1.807, 2.05) is 25.1 Å². The van der Waals surface area contributed by atoms with Crippen molar-refractivity contribution >= 4 is 5.69 Å². The Morgan fingerprint density at radius 3 is 2.50 bits per heavy atom. The van der Waals surface area contributed by atoms with Crippen LogP contribution in [0.4, 0.5) is 5.69 Å². The Morgan fingerprint density at radius 2 is 1.94 bits per heavy atom. The van der Waals surface area contributed by atoms with Gasteiger partial charge in [0, 0.05) is 6.07 Å².